The third-order valence-electron chi connectivity index (χ3n) is 2.49. The fourth-order valence-electron chi connectivity index (χ4n) is 2.22. The van der Waals surface area contributed by atoms with Crippen molar-refractivity contribution in [2.75, 3.05) is 6.61 Å². The number of rotatable bonds is 5. The molecular formula is C16H31NO3Si. The number of hydrogen-bond donors (Lipinski definition) is 1. The maximum absolute atomic E-state index is 11.7. The molecule has 1 N–H and O–H groups in total. The number of hydrogen-bond acceptors (Lipinski definition) is 3. The van der Waals surface area contributed by atoms with Gasteiger partial charge in [-0.1, -0.05) is 26.7 Å². The first-order valence-corrected chi connectivity index (χ1v) is 10.5. The second-order valence-electron chi connectivity index (χ2n) is 8.17. The van der Waals surface area contributed by atoms with Crippen molar-refractivity contribution in [1.82, 2.24) is 5.32 Å². The number of carbonyl (C=O) groups excluding carboxylic acids is 1. The molecule has 0 saturated heterocycles. The minimum atomic E-state index is -1.80. The highest BCUT2D eigenvalue weighted by atomic mass is 28.4. The number of amides is 1. The first-order valence-electron chi connectivity index (χ1n) is 7.34. The molecule has 0 aliphatic heterocycles. The number of terminal acetylenes is 1. The van der Waals surface area contributed by atoms with E-state index >= 15 is 0 Å². The van der Waals surface area contributed by atoms with Crippen molar-refractivity contribution in [3.8, 4) is 12.3 Å². The van der Waals surface area contributed by atoms with Gasteiger partial charge < -0.3 is 14.5 Å². The lowest BCUT2D eigenvalue weighted by Crippen LogP contribution is -2.44. The van der Waals surface area contributed by atoms with Crippen LogP contribution in [0.15, 0.2) is 0 Å². The van der Waals surface area contributed by atoms with Crippen molar-refractivity contribution >= 4 is 14.4 Å². The van der Waals surface area contributed by atoms with Crippen molar-refractivity contribution in [3.05, 3.63) is 0 Å². The zero-order chi connectivity index (χ0) is 16.9. The molecule has 0 bridgehead atoms. The van der Waals surface area contributed by atoms with E-state index in [4.69, 9.17) is 15.6 Å². The summed E-state index contributed by atoms with van der Waals surface area (Å²) in [6, 6.07) is 0.565. The van der Waals surface area contributed by atoms with Gasteiger partial charge in [0.05, 0.1) is 6.61 Å². The van der Waals surface area contributed by atoms with Crippen molar-refractivity contribution in [2.24, 2.45) is 5.41 Å². The van der Waals surface area contributed by atoms with Crippen LogP contribution < -0.4 is 5.32 Å². The molecule has 122 valence electrons. The van der Waals surface area contributed by atoms with Gasteiger partial charge >= 0.3 is 6.09 Å². The smallest absolute Gasteiger partial charge is 0.408 e. The Bertz CT molecular complexity index is 386. The van der Waals surface area contributed by atoms with Gasteiger partial charge in [-0.25, -0.2) is 4.79 Å². The monoisotopic (exact) mass is 313 g/mol. The molecule has 0 heterocycles. The fourth-order valence-corrected chi connectivity index (χ4v) is 5.49. The van der Waals surface area contributed by atoms with Gasteiger partial charge in [0.15, 0.2) is 8.32 Å². The molecule has 0 unspecified atom stereocenters. The molecule has 0 aliphatic rings. The maximum atomic E-state index is 11.7. The average Bonchev–Trinajstić information content (AvgIpc) is 2.17. The molecule has 5 heteroatoms. The number of nitrogens with one attached hydrogen (secondary N) is 1. The topological polar surface area (TPSA) is 47.6 Å². The Morgan fingerprint density at radius 1 is 1.24 bits per heavy atom. The molecule has 0 radical (unpaired) electrons. The van der Waals surface area contributed by atoms with Crippen LogP contribution in [0, 0.1) is 17.8 Å². The Kier molecular flexibility index (Phi) is 6.98. The molecule has 0 aromatic rings. The number of carbonyl (C=O) groups is 1. The third kappa shape index (κ3) is 11.4. The summed E-state index contributed by atoms with van der Waals surface area (Å²) in [7, 11) is -1.80. The average molecular weight is 314 g/mol. The molecule has 0 aliphatic carbocycles. The van der Waals surface area contributed by atoms with E-state index in [0.717, 1.165) is 6.04 Å². The Morgan fingerprint density at radius 3 is 2.14 bits per heavy atom. The van der Waals surface area contributed by atoms with Crippen LogP contribution in [-0.2, 0) is 9.16 Å². The second kappa shape index (κ2) is 7.32. The van der Waals surface area contributed by atoms with Crippen LogP contribution in [0.3, 0.4) is 0 Å². The Hall–Kier alpha value is -0.993. The van der Waals surface area contributed by atoms with E-state index in [9.17, 15) is 4.79 Å². The molecule has 0 aromatic heterocycles. The SMILES string of the molecule is C#C[C@@H](CO[Si](C)(C)CC(C)(C)C)NC(=O)OC(C)(C)C. The molecule has 0 spiro atoms. The summed E-state index contributed by atoms with van der Waals surface area (Å²) in [6.07, 6.45) is 4.95. The standard InChI is InChI=1S/C16H31NO3Si/c1-10-13(17-14(18)20-16(5,6)7)11-19-21(8,9)12-15(2,3)4/h1,13H,11-12H2,2-9H3,(H,17,18)/t13-/m0/s1. The van der Waals surface area contributed by atoms with Gasteiger partial charge in [-0.3, -0.25) is 0 Å². The maximum Gasteiger partial charge on any atom is 0.408 e. The molecular weight excluding hydrogens is 282 g/mol. The summed E-state index contributed by atoms with van der Waals surface area (Å²) < 4.78 is 11.2. The lowest BCUT2D eigenvalue weighted by atomic mass is 10.0. The summed E-state index contributed by atoms with van der Waals surface area (Å²) in [5.41, 5.74) is -0.315. The number of ether oxygens (including phenoxy) is 1. The minimum Gasteiger partial charge on any atom is -0.444 e. The van der Waals surface area contributed by atoms with Crippen molar-refractivity contribution in [2.45, 2.75) is 72.3 Å². The summed E-state index contributed by atoms with van der Waals surface area (Å²) in [4.78, 5) is 11.7. The summed E-state index contributed by atoms with van der Waals surface area (Å²) in [5, 5.41) is 2.66. The van der Waals surface area contributed by atoms with Gasteiger partial charge in [-0.15, -0.1) is 6.42 Å². The van der Waals surface area contributed by atoms with Crippen LogP contribution in [-0.4, -0.2) is 32.7 Å². The fraction of sp³-hybridized carbons (Fsp3) is 0.812. The van der Waals surface area contributed by atoms with E-state index in [2.05, 4.69) is 45.1 Å². The highest BCUT2D eigenvalue weighted by molar-refractivity contribution is 6.71. The zero-order valence-corrected chi connectivity index (χ0v) is 15.8. The van der Waals surface area contributed by atoms with Gasteiger partial charge in [0.2, 0.25) is 0 Å². The summed E-state index contributed by atoms with van der Waals surface area (Å²) in [6.45, 7) is 16.7. The first-order chi connectivity index (χ1) is 9.24. The van der Waals surface area contributed by atoms with Crippen LogP contribution in [0.5, 0.6) is 0 Å². The third-order valence-corrected chi connectivity index (χ3v) is 5.35. The lowest BCUT2D eigenvalue weighted by Gasteiger charge is -2.31. The van der Waals surface area contributed by atoms with Crippen LogP contribution in [0.2, 0.25) is 19.1 Å². The van der Waals surface area contributed by atoms with Crippen LogP contribution in [0.1, 0.15) is 41.5 Å². The van der Waals surface area contributed by atoms with E-state index in [-0.39, 0.29) is 5.41 Å². The molecule has 4 nitrogen and oxygen atoms in total. The zero-order valence-electron chi connectivity index (χ0n) is 14.8. The summed E-state index contributed by atoms with van der Waals surface area (Å²) in [5.74, 6) is 2.54. The Labute approximate surface area is 131 Å². The molecule has 0 fully saturated rings. The molecule has 1 atom stereocenters. The van der Waals surface area contributed by atoms with Crippen molar-refractivity contribution in [1.29, 1.82) is 0 Å². The van der Waals surface area contributed by atoms with E-state index in [1.807, 2.05) is 20.8 Å². The van der Waals surface area contributed by atoms with E-state index in [1.54, 1.807) is 0 Å². The van der Waals surface area contributed by atoms with E-state index < -0.39 is 26.1 Å². The predicted octanol–water partition coefficient (Wildman–Crippen LogP) is 3.78. The van der Waals surface area contributed by atoms with Gasteiger partial charge in [-0.2, -0.15) is 0 Å². The van der Waals surface area contributed by atoms with Crippen LogP contribution >= 0.6 is 0 Å². The number of alkyl carbamates (subject to hydrolysis) is 1. The molecule has 1 amide bonds. The molecule has 0 aromatic carbocycles. The minimum absolute atomic E-state index is 0.222. The van der Waals surface area contributed by atoms with Gasteiger partial charge in [0, 0.05) is 0 Å². The predicted molar refractivity (Wildman–Crippen MR) is 89.7 cm³/mol. The van der Waals surface area contributed by atoms with Crippen molar-refractivity contribution in [3.63, 3.8) is 0 Å². The summed E-state index contributed by atoms with van der Waals surface area (Å²) >= 11 is 0. The largest absolute Gasteiger partial charge is 0.444 e. The Balaban J connectivity index is 4.41. The molecule has 0 saturated carbocycles. The van der Waals surface area contributed by atoms with Gasteiger partial charge in [0.25, 0.3) is 0 Å². The van der Waals surface area contributed by atoms with Gasteiger partial charge in [-0.05, 0) is 45.3 Å². The van der Waals surface area contributed by atoms with E-state index in [1.165, 1.54) is 0 Å². The normalized spacial score (nSPS) is 14.2. The van der Waals surface area contributed by atoms with Crippen LogP contribution in [0.25, 0.3) is 0 Å². The highest BCUT2D eigenvalue weighted by Crippen LogP contribution is 2.28. The highest BCUT2D eigenvalue weighted by Gasteiger charge is 2.30. The Morgan fingerprint density at radius 2 is 1.76 bits per heavy atom. The second-order valence-corrected chi connectivity index (χ2v) is 12.3. The first kappa shape index (κ1) is 20.0. The van der Waals surface area contributed by atoms with E-state index in [0.29, 0.717) is 6.61 Å². The van der Waals surface area contributed by atoms with Crippen LogP contribution in [0.4, 0.5) is 4.79 Å². The van der Waals surface area contributed by atoms with Gasteiger partial charge in [0.1, 0.15) is 11.6 Å². The molecule has 0 rings (SSSR count). The molecule has 21 heavy (non-hydrogen) atoms. The lowest BCUT2D eigenvalue weighted by molar-refractivity contribution is 0.0502. The quantitative estimate of drug-likeness (QED) is 0.620. The van der Waals surface area contributed by atoms with Crippen molar-refractivity contribution < 1.29 is 14.0 Å².